The van der Waals surface area contributed by atoms with E-state index in [-0.39, 0.29) is 23.2 Å². The molecule has 1 saturated carbocycles. The molecule has 0 aromatic carbocycles. The van der Waals surface area contributed by atoms with E-state index in [0.29, 0.717) is 25.2 Å². The molecule has 2 rings (SSSR count). The first kappa shape index (κ1) is 10.1. The van der Waals surface area contributed by atoms with Crippen LogP contribution in [0.25, 0.3) is 0 Å². The lowest BCUT2D eigenvalue weighted by Crippen LogP contribution is -2.10. The Bertz CT molecular complexity index is 327. The SMILES string of the molecule is O=C(CC1CC1)CC1CCS(=O)(=O)C1. The van der Waals surface area contributed by atoms with Gasteiger partial charge in [0.2, 0.25) is 0 Å². The molecule has 4 heteroatoms. The Morgan fingerprint density at radius 3 is 2.21 bits per heavy atom. The summed E-state index contributed by atoms with van der Waals surface area (Å²) in [7, 11) is -2.81. The fourth-order valence-corrected chi connectivity index (χ4v) is 3.94. The maximum Gasteiger partial charge on any atom is 0.150 e. The van der Waals surface area contributed by atoms with E-state index in [1.54, 1.807) is 0 Å². The van der Waals surface area contributed by atoms with Gasteiger partial charge in [-0.3, -0.25) is 4.79 Å². The van der Waals surface area contributed by atoms with E-state index in [9.17, 15) is 13.2 Å². The number of Topliss-reactive ketones (excluding diaryl/α,β-unsaturated/α-hetero) is 1. The topological polar surface area (TPSA) is 51.2 Å². The number of carbonyl (C=O) groups excluding carboxylic acids is 1. The van der Waals surface area contributed by atoms with Crippen molar-refractivity contribution in [1.29, 1.82) is 0 Å². The third kappa shape index (κ3) is 2.80. The Hall–Kier alpha value is -0.380. The smallest absolute Gasteiger partial charge is 0.150 e. The van der Waals surface area contributed by atoms with Crippen LogP contribution in [0.3, 0.4) is 0 Å². The van der Waals surface area contributed by atoms with Gasteiger partial charge in [-0.1, -0.05) is 0 Å². The normalized spacial score (nSPS) is 30.4. The van der Waals surface area contributed by atoms with Crippen molar-refractivity contribution in [3.05, 3.63) is 0 Å². The minimum Gasteiger partial charge on any atom is -0.300 e. The highest BCUT2D eigenvalue weighted by molar-refractivity contribution is 7.91. The number of rotatable bonds is 4. The maximum atomic E-state index is 11.5. The molecule has 2 aliphatic rings. The van der Waals surface area contributed by atoms with Crippen molar-refractivity contribution >= 4 is 15.6 Å². The van der Waals surface area contributed by atoms with Crippen molar-refractivity contribution in [3.8, 4) is 0 Å². The summed E-state index contributed by atoms with van der Waals surface area (Å²) in [6.07, 6.45) is 4.26. The second kappa shape index (κ2) is 3.65. The first-order chi connectivity index (χ1) is 6.55. The molecule has 1 aliphatic carbocycles. The van der Waals surface area contributed by atoms with Crippen LogP contribution in [-0.4, -0.2) is 25.7 Å². The molecule has 2 fully saturated rings. The molecule has 1 atom stereocenters. The first-order valence-electron chi connectivity index (χ1n) is 5.27. The summed E-state index contributed by atoms with van der Waals surface area (Å²) >= 11 is 0. The quantitative estimate of drug-likeness (QED) is 0.709. The molecule has 0 amide bonds. The van der Waals surface area contributed by atoms with Gasteiger partial charge in [-0.15, -0.1) is 0 Å². The number of hydrogen-bond acceptors (Lipinski definition) is 3. The summed E-state index contributed by atoms with van der Waals surface area (Å²) in [6.45, 7) is 0. The minimum atomic E-state index is -2.81. The average molecular weight is 216 g/mol. The van der Waals surface area contributed by atoms with Gasteiger partial charge < -0.3 is 0 Å². The van der Waals surface area contributed by atoms with Crippen LogP contribution in [0, 0.1) is 11.8 Å². The predicted octanol–water partition coefficient (Wildman–Crippen LogP) is 1.18. The standard InChI is InChI=1S/C10H16O3S/c11-10(5-8-1-2-8)6-9-3-4-14(12,13)7-9/h8-9H,1-7H2. The molecule has 14 heavy (non-hydrogen) atoms. The van der Waals surface area contributed by atoms with Crippen LogP contribution < -0.4 is 0 Å². The van der Waals surface area contributed by atoms with Gasteiger partial charge in [-0.05, 0) is 31.1 Å². The number of carbonyl (C=O) groups is 1. The Labute approximate surface area is 84.8 Å². The molecular formula is C10H16O3S. The second-order valence-corrected chi connectivity index (χ2v) is 6.89. The van der Waals surface area contributed by atoms with Gasteiger partial charge in [0.1, 0.15) is 5.78 Å². The Kier molecular flexibility index (Phi) is 2.64. The lowest BCUT2D eigenvalue weighted by Gasteiger charge is -2.05. The van der Waals surface area contributed by atoms with Crippen LogP contribution in [0.1, 0.15) is 32.1 Å². The Balaban J connectivity index is 1.77. The van der Waals surface area contributed by atoms with E-state index >= 15 is 0 Å². The summed E-state index contributed by atoms with van der Waals surface area (Å²) in [5.41, 5.74) is 0. The van der Waals surface area contributed by atoms with E-state index in [1.807, 2.05) is 0 Å². The zero-order chi connectivity index (χ0) is 10.2. The van der Waals surface area contributed by atoms with Crippen molar-refractivity contribution in [3.63, 3.8) is 0 Å². The lowest BCUT2D eigenvalue weighted by atomic mass is 9.99. The maximum absolute atomic E-state index is 11.5. The summed E-state index contributed by atoms with van der Waals surface area (Å²) in [4.78, 5) is 11.5. The van der Waals surface area contributed by atoms with Crippen LogP contribution in [0.2, 0.25) is 0 Å². The molecule has 3 nitrogen and oxygen atoms in total. The van der Waals surface area contributed by atoms with Gasteiger partial charge in [-0.2, -0.15) is 0 Å². The highest BCUT2D eigenvalue weighted by Gasteiger charge is 2.31. The van der Waals surface area contributed by atoms with Gasteiger partial charge in [0.15, 0.2) is 9.84 Å². The van der Waals surface area contributed by atoms with E-state index in [1.165, 1.54) is 12.8 Å². The van der Waals surface area contributed by atoms with Crippen molar-refractivity contribution in [2.45, 2.75) is 32.1 Å². The summed E-state index contributed by atoms with van der Waals surface area (Å²) in [5.74, 6) is 1.54. The van der Waals surface area contributed by atoms with E-state index in [0.717, 1.165) is 0 Å². The third-order valence-corrected chi connectivity index (χ3v) is 4.89. The fraction of sp³-hybridized carbons (Fsp3) is 0.900. The first-order valence-corrected chi connectivity index (χ1v) is 7.09. The second-order valence-electron chi connectivity index (χ2n) is 4.66. The van der Waals surface area contributed by atoms with Crippen LogP contribution in [0.5, 0.6) is 0 Å². The van der Waals surface area contributed by atoms with Crippen LogP contribution >= 0.6 is 0 Å². The molecule has 1 unspecified atom stereocenters. The van der Waals surface area contributed by atoms with Crippen LogP contribution in [-0.2, 0) is 14.6 Å². The van der Waals surface area contributed by atoms with Gasteiger partial charge in [0.05, 0.1) is 11.5 Å². The van der Waals surface area contributed by atoms with Gasteiger partial charge in [0.25, 0.3) is 0 Å². The third-order valence-electron chi connectivity index (χ3n) is 3.06. The molecule has 1 aliphatic heterocycles. The number of hydrogen-bond donors (Lipinski definition) is 0. The monoisotopic (exact) mass is 216 g/mol. The summed E-state index contributed by atoms with van der Waals surface area (Å²) in [6, 6.07) is 0. The van der Waals surface area contributed by atoms with Gasteiger partial charge in [-0.25, -0.2) is 8.42 Å². The molecule has 0 spiro atoms. The molecule has 80 valence electrons. The zero-order valence-electron chi connectivity index (χ0n) is 8.24. The molecule has 0 radical (unpaired) electrons. The highest BCUT2D eigenvalue weighted by Crippen LogP contribution is 2.34. The molecule has 0 aromatic rings. The highest BCUT2D eigenvalue weighted by atomic mass is 32.2. The fourth-order valence-electron chi connectivity index (χ4n) is 2.08. The van der Waals surface area contributed by atoms with Crippen molar-refractivity contribution < 1.29 is 13.2 Å². The van der Waals surface area contributed by atoms with E-state index in [2.05, 4.69) is 0 Å². The van der Waals surface area contributed by atoms with Crippen LogP contribution in [0.4, 0.5) is 0 Å². The average Bonchev–Trinajstić information content (AvgIpc) is 2.78. The molecule has 0 bridgehead atoms. The van der Waals surface area contributed by atoms with Crippen molar-refractivity contribution in [2.75, 3.05) is 11.5 Å². The zero-order valence-corrected chi connectivity index (χ0v) is 9.05. The van der Waals surface area contributed by atoms with E-state index in [4.69, 9.17) is 0 Å². The number of sulfone groups is 1. The number of ketones is 1. The molecule has 1 heterocycles. The Morgan fingerprint density at radius 2 is 1.71 bits per heavy atom. The Morgan fingerprint density at radius 1 is 1.07 bits per heavy atom. The lowest BCUT2D eigenvalue weighted by molar-refractivity contribution is -0.120. The summed E-state index contributed by atoms with van der Waals surface area (Å²) < 4.78 is 22.3. The van der Waals surface area contributed by atoms with Gasteiger partial charge in [0, 0.05) is 12.8 Å². The molecular weight excluding hydrogens is 200 g/mol. The van der Waals surface area contributed by atoms with Crippen LogP contribution in [0.15, 0.2) is 0 Å². The minimum absolute atomic E-state index is 0.117. The van der Waals surface area contributed by atoms with Crippen molar-refractivity contribution in [1.82, 2.24) is 0 Å². The molecule has 0 aromatic heterocycles. The molecule has 0 N–H and O–H groups in total. The molecule has 1 saturated heterocycles. The van der Waals surface area contributed by atoms with E-state index < -0.39 is 9.84 Å². The largest absolute Gasteiger partial charge is 0.300 e. The van der Waals surface area contributed by atoms with Gasteiger partial charge >= 0.3 is 0 Å². The summed E-state index contributed by atoms with van der Waals surface area (Å²) in [5, 5.41) is 0. The predicted molar refractivity (Wildman–Crippen MR) is 53.7 cm³/mol. The van der Waals surface area contributed by atoms with Crippen molar-refractivity contribution in [2.24, 2.45) is 11.8 Å².